The van der Waals surface area contributed by atoms with Crippen LogP contribution in [0.25, 0.3) is 0 Å². The lowest BCUT2D eigenvalue weighted by atomic mass is 9.77. The van der Waals surface area contributed by atoms with E-state index in [4.69, 9.17) is 5.73 Å². The highest BCUT2D eigenvalue weighted by Gasteiger charge is 2.25. The summed E-state index contributed by atoms with van der Waals surface area (Å²) in [5.74, 6) is 0.255. The minimum atomic E-state index is -0.289. The zero-order valence-electron chi connectivity index (χ0n) is 8.86. The fourth-order valence-corrected chi connectivity index (χ4v) is 1.96. The van der Waals surface area contributed by atoms with E-state index < -0.39 is 0 Å². The van der Waals surface area contributed by atoms with Gasteiger partial charge in [-0.1, -0.05) is 24.3 Å². The zero-order valence-corrected chi connectivity index (χ0v) is 8.86. The summed E-state index contributed by atoms with van der Waals surface area (Å²) in [7, 11) is 0. The molecule has 0 fully saturated rings. The first kappa shape index (κ1) is 10.2. The van der Waals surface area contributed by atoms with Crippen LogP contribution >= 0.6 is 0 Å². The molecule has 0 bridgehead atoms. The van der Waals surface area contributed by atoms with Crippen molar-refractivity contribution >= 4 is 5.91 Å². The highest BCUT2D eigenvalue weighted by molar-refractivity contribution is 5.79. The maximum atomic E-state index is 10.8. The normalized spacial score (nSPS) is 20.2. The summed E-state index contributed by atoms with van der Waals surface area (Å²) in [5.41, 5.74) is 8.01. The van der Waals surface area contributed by atoms with Gasteiger partial charge in [-0.25, -0.2) is 0 Å². The highest BCUT2D eigenvalue weighted by Crippen LogP contribution is 2.33. The van der Waals surface area contributed by atoms with Gasteiger partial charge in [0.25, 0.3) is 0 Å². The monoisotopic (exact) mass is 204 g/mol. The van der Waals surface area contributed by atoms with E-state index in [1.165, 1.54) is 11.1 Å². The zero-order chi connectivity index (χ0) is 10.8. The van der Waals surface area contributed by atoms with Crippen molar-refractivity contribution in [2.45, 2.75) is 25.3 Å². The van der Waals surface area contributed by atoms with Crippen LogP contribution in [0.4, 0.5) is 0 Å². The molecule has 2 atom stereocenters. The fraction of sp³-hybridized carbons (Fsp3) is 0.417. The maximum absolute atomic E-state index is 10.8. The van der Waals surface area contributed by atoms with Crippen LogP contribution in [0.5, 0.6) is 0 Å². The van der Waals surface area contributed by atoms with Crippen LogP contribution < -0.4 is 11.1 Å². The first-order valence-electron chi connectivity index (χ1n) is 5.29. The number of carbonyl (C=O) groups excluding carboxylic acids is 1. The molecule has 2 unspecified atom stereocenters. The highest BCUT2D eigenvalue weighted by atomic mass is 16.1. The first-order chi connectivity index (χ1) is 7.18. The molecule has 0 aromatic heterocycles. The van der Waals surface area contributed by atoms with E-state index in [-0.39, 0.29) is 11.9 Å². The molecule has 0 radical (unpaired) electrons. The molecule has 15 heavy (non-hydrogen) atoms. The van der Waals surface area contributed by atoms with Crippen LogP contribution in [-0.4, -0.2) is 18.5 Å². The number of benzene rings is 1. The Morgan fingerprint density at radius 3 is 3.00 bits per heavy atom. The van der Waals surface area contributed by atoms with Crippen molar-refractivity contribution in [2.24, 2.45) is 5.73 Å². The Morgan fingerprint density at radius 1 is 1.60 bits per heavy atom. The summed E-state index contributed by atoms with van der Waals surface area (Å²) >= 11 is 0. The Hall–Kier alpha value is -1.35. The molecule has 1 aliphatic carbocycles. The first-order valence-corrected chi connectivity index (χ1v) is 5.29. The van der Waals surface area contributed by atoms with E-state index >= 15 is 0 Å². The standard InChI is InChI=1S/C12H16N2O/c1-8(12(13)15)14-7-10-6-9-4-2-3-5-11(9)10/h2-5,8,10,14H,6-7H2,1H3,(H2,13,15). The molecule has 0 saturated heterocycles. The van der Waals surface area contributed by atoms with Crippen molar-refractivity contribution in [3.63, 3.8) is 0 Å². The smallest absolute Gasteiger partial charge is 0.234 e. The SMILES string of the molecule is CC(NCC1Cc2ccccc21)C(N)=O. The Balaban J connectivity index is 1.87. The summed E-state index contributed by atoms with van der Waals surface area (Å²) in [4.78, 5) is 10.8. The molecule has 3 N–H and O–H groups in total. The number of rotatable bonds is 4. The van der Waals surface area contributed by atoms with Crippen LogP contribution in [0.1, 0.15) is 24.0 Å². The van der Waals surface area contributed by atoms with Crippen molar-refractivity contribution in [2.75, 3.05) is 6.54 Å². The Kier molecular flexibility index (Phi) is 2.73. The summed E-state index contributed by atoms with van der Waals surface area (Å²) in [6, 6.07) is 8.19. The second-order valence-corrected chi connectivity index (χ2v) is 4.13. The van der Waals surface area contributed by atoms with Gasteiger partial charge >= 0.3 is 0 Å². The average molecular weight is 204 g/mol. The number of nitrogens with two attached hydrogens (primary N) is 1. The lowest BCUT2D eigenvalue weighted by molar-refractivity contribution is -0.119. The predicted molar refractivity (Wildman–Crippen MR) is 59.5 cm³/mol. The third kappa shape index (κ3) is 2.02. The van der Waals surface area contributed by atoms with E-state index in [9.17, 15) is 4.79 Å². The van der Waals surface area contributed by atoms with Crippen LogP contribution in [-0.2, 0) is 11.2 Å². The van der Waals surface area contributed by atoms with Gasteiger partial charge in [0, 0.05) is 12.5 Å². The largest absolute Gasteiger partial charge is 0.368 e. The molecule has 80 valence electrons. The van der Waals surface area contributed by atoms with Crippen LogP contribution in [0.2, 0.25) is 0 Å². The third-order valence-electron chi connectivity index (χ3n) is 3.06. The minimum Gasteiger partial charge on any atom is -0.368 e. The van der Waals surface area contributed by atoms with Crippen molar-refractivity contribution in [3.05, 3.63) is 35.4 Å². The summed E-state index contributed by atoms with van der Waals surface area (Å²) in [6.45, 7) is 2.63. The minimum absolute atomic E-state index is 0.238. The number of carbonyl (C=O) groups is 1. The van der Waals surface area contributed by atoms with Gasteiger partial charge in [-0.3, -0.25) is 4.79 Å². The quantitative estimate of drug-likeness (QED) is 0.762. The van der Waals surface area contributed by atoms with Crippen LogP contribution in [0.15, 0.2) is 24.3 Å². The lowest BCUT2D eigenvalue weighted by Gasteiger charge is -2.31. The number of nitrogens with one attached hydrogen (secondary N) is 1. The van der Waals surface area contributed by atoms with Crippen molar-refractivity contribution in [1.82, 2.24) is 5.32 Å². The van der Waals surface area contributed by atoms with Crippen LogP contribution in [0, 0.1) is 0 Å². The number of hydrogen-bond donors (Lipinski definition) is 2. The number of primary amides is 1. The van der Waals surface area contributed by atoms with Crippen LogP contribution in [0.3, 0.4) is 0 Å². The van der Waals surface area contributed by atoms with Crippen molar-refractivity contribution < 1.29 is 4.79 Å². The molecule has 3 nitrogen and oxygen atoms in total. The third-order valence-corrected chi connectivity index (χ3v) is 3.06. The summed E-state index contributed by atoms with van der Waals surface area (Å²) in [5, 5.41) is 3.15. The summed E-state index contributed by atoms with van der Waals surface area (Å²) in [6.07, 6.45) is 1.11. The molecular formula is C12H16N2O. The lowest BCUT2D eigenvalue weighted by Crippen LogP contribution is -2.42. The van der Waals surface area contributed by atoms with Gasteiger partial charge in [-0.2, -0.15) is 0 Å². The number of amides is 1. The van der Waals surface area contributed by atoms with E-state index in [2.05, 4.69) is 29.6 Å². The second kappa shape index (κ2) is 4.03. The molecule has 0 spiro atoms. The van der Waals surface area contributed by atoms with Crippen molar-refractivity contribution in [1.29, 1.82) is 0 Å². The molecule has 0 saturated carbocycles. The van der Waals surface area contributed by atoms with Gasteiger partial charge in [0.2, 0.25) is 5.91 Å². The number of fused-ring (bicyclic) bond motifs is 1. The molecule has 2 rings (SSSR count). The van der Waals surface area contributed by atoms with Crippen molar-refractivity contribution in [3.8, 4) is 0 Å². The molecule has 1 amide bonds. The Bertz CT molecular complexity index is 376. The fourth-order valence-electron chi connectivity index (χ4n) is 1.96. The van der Waals surface area contributed by atoms with E-state index in [1.807, 2.05) is 0 Å². The molecule has 0 heterocycles. The molecule has 1 aliphatic rings. The topological polar surface area (TPSA) is 55.1 Å². The average Bonchev–Trinajstić information content (AvgIpc) is 2.19. The van der Waals surface area contributed by atoms with Gasteiger partial charge in [0.1, 0.15) is 0 Å². The Morgan fingerprint density at radius 2 is 2.33 bits per heavy atom. The summed E-state index contributed by atoms with van der Waals surface area (Å²) < 4.78 is 0. The number of hydrogen-bond acceptors (Lipinski definition) is 2. The molecular weight excluding hydrogens is 188 g/mol. The Labute approximate surface area is 89.7 Å². The molecule has 1 aromatic rings. The van der Waals surface area contributed by atoms with Gasteiger partial charge in [-0.15, -0.1) is 0 Å². The molecule has 0 aliphatic heterocycles. The van der Waals surface area contributed by atoms with Gasteiger partial charge in [0.05, 0.1) is 6.04 Å². The molecule has 1 aromatic carbocycles. The molecule has 3 heteroatoms. The maximum Gasteiger partial charge on any atom is 0.234 e. The van der Waals surface area contributed by atoms with Gasteiger partial charge in [0.15, 0.2) is 0 Å². The van der Waals surface area contributed by atoms with Gasteiger partial charge in [-0.05, 0) is 24.5 Å². The second-order valence-electron chi connectivity index (χ2n) is 4.13. The van der Waals surface area contributed by atoms with E-state index in [1.54, 1.807) is 6.92 Å². The van der Waals surface area contributed by atoms with E-state index in [0.29, 0.717) is 5.92 Å². The predicted octanol–water partition coefficient (Wildman–Crippen LogP) is 0.790. The van der Waals surface area contributed by atoms with Gasteiger partial charge < -0.3 is 11.1 Å². The van der Waals surface area contributed by atoms with E-state index in [0.717, 1.165) is 13.0 Å².